The Morgan fingerprint density at radius 3 is 2.58 bits per heavy atom. The van der Waals surface area contributed by atoms with Crippen molar-refractivity contribution in [1.82, 2.24) is 9.97 Å². The molecule has 1 aromatic carbocycles. The van der Waals surface area contributed by atoms with Crippen molar-refractivity contribution in [3.63, 3.8) is 0 Å². The van der Waals surface area contributed by atoms with E-state index in [4.69, 9.17) is 9.47 Å². The van der Waals surface area contributed by atoms with Crippen LogP contribution in [0.25, 0.3) is 21.3 Å². The Balaban J connectivity index is 1.55. The lowest BCUT2D eigenvalue weighted by atomic mass is 10.0. The number of thiophene rings is 2. The molecule has 0 atom stereocenters. The predicted molar refractivity (Wildman–Crippen MR) is 131 cm³/mol. The maximum atomic E-state index is 12.7. The molecule has 4 rings (SSSR count). The number of carbonyl (C=O) groups excluding carboxylic acids is 2. The highest BCUT2D eigenvalue weighted by Gasteiger charge is 2.22. The van der Waals surface area contributed by atoms with E-state index >= 15 is 0 Å². The van der Waals surface area contributed by atoms with Crippen LogP contribution in [0.3, 0.4) is 0 Å². The van der Waals surface area contributed by atoms with Crippen molar-refractivity contribution in [1.29, 1.82) is 0 Å². The molecule has 0 unspecified atom stereocenters. The van der Waals surface area contributed by atoms with Crippen LogP contribution in [0.5, 0.6) is 5.88 Å². The normalized spacial score (nSPS) is 10.9. The van der Waals surface area contributed by atoms with Gasteiger partial charge in [-0.1, -0.05) is 29.8 Å². The minimum atomic E-state index is -0.450. The third kappa shape index (κ3) is 4.74. The number of amides is 1. The molecule has 1 N–H and O–H groups in total. The highest BCUT2D eigenvalue weighted by molar-refractivity contribution is 7.17. The molecular weight excluding hydrogens is 458 g/mol. The van der Waals surface area contributed by atoms with Gasteiger partial charge in [0.1, 0.15) is 16.2 Å². The number of nitrogens with zero attached hydrogens (tertiary/aromatic N) is 2. The number of aromatic nitrogens is 2. The first-order valence-electron chi connectivity index (χ1n) is 10.4. The number of carbonyl (C=O) groups is 2. The number of nitrogens with one attached hydrogen (secondary N) is 1. The van der Waals surface area contributed by atoms with E-state index in [2.05, 4.69) is 15.3 Å². The summed E-state index contributed by atoms with van der Waals surface area (Å²) in [6.45, 7) is 7.53. The zero-order valence-corrected chi connectivity index (χ0v) is 20.4. The number of aryl methyl sites for hydroxylation is 2. The standard InChI is InChI=1S/C24H23N3O4S2/c1-5-30-24(29)19-14(3)15(4)33-23(19)27-18(28)10-31-21-20-17(11-32-22(20)26-12-25-21)16-8-6-13(2)7-9-16/h6-9,11-12H,5,10H2,1-4H3,(H,27,28). The molecule has 0 aliphatic rings. The van der Waals surface area contributed by atoms with Gasteiger partial charge in [-0.15, -0.1) is 22.7 Å². The average molecular weight is 482 g/mol. The van der Waals surface area contributed by atoms with Crippen LogP contribution in [-0.2, 0) is 9.53 Å². The average Bonchev–Trinajstić information content (AvgIpc) is 3.34. The fourth-order valence-electron chi connectivity index (χ4n) is 3.36. The van der Waals surface area contributed by atoms with Gasteiger partial charge in [0.2, 0.25) is 5.88 Å². The number of fused-ring (bicyclic) bond motifs is 1. The van der Waals surface area contributed by atoms with Gasteiger partial charge >= 0.3 is 5.97 Å². The summed E-state index contributed by atoms with van der Waals surface area (Å²) in [6.07, 6.45) is 1.43. The lowest BCUT2D eigenvalue weighted by Gasteiger charge is -2.09. The van der Waals surface area contributed by atoms with E-state index in [-0.39, 0.29) is 19.1 Å². The molecule has 0 aliphatic heterocycles. The molecular formula is C24H23N3O4S2. The second-order valence-electron chi connectivity index (χ2n) is 7.42. The minimum Gasteiger partial charge on any atom is -0.467 e. The molecule has 0 aliphatic carbocycles. The maximum Gasteiger partial charge on any atom is 0.341 e. The fraction of sp³-hybridized carbons (Fsp3) is 0.250. The van der Waals surface area contributed by atoms with Crippen LogP contribution < -0.4 is 10.1 Å². The Labute approximate surface area is 199 Å². The van der Waals surface area contributed by atoms with Gasteiger partial charge in [0.15, 0.2) is 6.61 Å². The number of hydrogen-bond donors (Lipinski definition) is 1. The Morgan fingerprint density at radius 2 is 1.85 bits per heavy atom. The molecule has 0 radical (unpaired) electrons. The molecule has 33 heavy (non-hydrogen) atoms. The van der Waals surface area contributed by atoms with Gasteiger partial charge in [0.05, 0.1) is 17.6 Å². The van der Waals surface area contributed by atoms with Gasteiger partial charge in [-0.25, -0.2) is 14.8 Å². The van der Waals surface area contributed by atoms with Gasteiger partial charge in [-0.3, -0.25) is 4.79 Å². The van der Waals surface area contributed by atoms with E-state index in [1.165, 1.54) is 34.6 Å². The highest BCUT2D eigenvalue weighted by atomic mass is 32.1. The molecule has 3 heterocycles. The lowest BCUT2D eigenvalue weighted by molar-refractivity contribution is -0.118. The monoisotopic (exact) mass is 481 g/mol. The molecule has 0 saturated heterocycles. The lowest BCUT2D eigenvalue weighted by Crippen LogP contribution is -2.21. The minimum absolute atomic E-state index is 0.256. The van der Waals surface area contributed by atoms with Crippen LogP contribution in [0.1, 0.15) is 33.3 Å². The molecule has 0 spiro atoms. The largest absolute Gasteiger partial charge is 0.467 e. The van der Waals surface area contributed by atoms with Crippen molar-refractivity contribution in [3.8, 4) is 17.0 Å². The summed E-state index contributed by atoms with van der Waals surface area (Å²) in [5, 5.41) is 6.03. The first kappa shape index (κ1) is 22.9. The van der Waals surface area contributed by atoms with E-state index in [0.29, 0.717) is 16.4 Å². The van der Waals surface area contributed by atoms with E-state index in [1.807, 2.05) is 50.4 Å². The number of hydrogen-bond acceptors (Lipinski definition) is 8. The van der Waals surface area contributed by atoms with Gasteiger partial charge in [-0.05, 0) is 38.8 Å². The zero-order valence-electron chi connectivity index (χ0n) is 18.7. The van der Waals surface area contributed by atoms with Crippen LogP contribution >= 0.6 is 22.7 Å². The molecule has 9 heteroatoms. The number of ether oxygens (including phenoxy) is 2. The highest BCUT2D eigenvalue weighted by Crippen LogP contribution is 2.37. The molecule has 3 aromatic heterocycles. The van der Waals surface area contributed by atoms with Crippen molar-refractivity contribution in [2.24, 2.45) is 0 Å². The Hall–Kier alpha value is -3.30. The first-order chi connectivity index (χ1) is 15.9. The number of rotatable bonds is 7. The predicted octanol–water partition coefficient (Wildman–Crippen LogP) is 5.54. The number of anilines is 1. The molecule has 1 amide bonds. The second-order valence-corrected chi connectivity index (χ2v) is 9.50. The fourth-order valence-corrected chi connectivity index (χ4v) is 5.33. The van der Waals surface area contributed by atoms with Crippen LogP contribution in [-0.4, -0.2) is 35.1 Å². The Morgan fingerprint density at radius 1 is 1.09 bits per heavy atom. The molecule has 0 fully saturated rings. The molecule has 0 bridgehead atoms. The summed E-state index contributed by atoms with van der Waals surface area (Å²) in [6, 6.07) is 8.17. The van der Waals surface area contributed by atoms with Gasteiger partial charge in [-0.2, -0.15) is 0 Å². The van der Waals surface area contributed by atoms with Crippen molar-refractivity contribution in [3.05, 3.63) is 57.5 Å². The maximum absolute atomic E-state index is 12.7. The zero-order chi connectivity index (χ0) is 23.5. The third-order valence-electron chi connectivity index (χ3n) is 5.16. The van der Waals surface area contributed by atoms with E-state index < -0.39 is 5.97 Å². The number of benzene rings is 1. The molecule has 170 valence electrons. The van der Waals surface area contributed by atoms with Gasteiger partial charge < -0.3 is 14.8 Å². The summed E-state index contributed by atoms with van der Waals surface area (Å²) in [5.41, 5.74) is 4.34. The first-order valence-corrected chi connectivity index (χ1v) is 12.1. The summed E-state index contributed by atoms with van der Waals surface area (Å²) < 4.78 is 11.0. The van der Waals surface area contributed by atoms with Crippen molar-refractivity contribution < 1.29 is 19.1 Å². The van der Waals surface area contributed by atoms with Gasteiger partial charge in [0, 0.05) is 15.8 Å². The van der Waals surface area contributed by atoms with Crippen LogP contribution in [0.15, 0.2) is 36.0 Å². The molecule has 0 saturated carbocycles. The summed E-state index contributed by atoms with van der Waals surface area (Å²) in [4.78, 5) is 35.4. The molecule has 7 nitrogen and oxygen atoms in total. The van der Waals surface area contributed by atoms with Crippen molar-refractivity contribution in [2.75, 3.05) is 18.5 Å². The summed E-state index contributed by atoms with van der Waals surface area (Å²) >= 11 is 2.83. The third-order valence-corrected chi connectivity index (χ3v) is 7.16. The Kier molecular flexibility index (Phi) is 6.71. The summed E-state index contributed by atoms with van der Waals surface area (Å²) in [7, 11) is 0. The van der Waals surface area contributed by atoms with Crippen molar-refractivity contribution >= 4 is 49.8 Å². The second kappa shape index (κ2) is 9.68. The Bertz CT molecular complexity index is 1330. The molecule has 4 aromatic rings. The van der Waals surface area contributed by atoms with Crippen molar-refractivity contribution in [2.45, 2.75) is 27.7 Å². The topological polar surface area (TPSA) is 90.4 Å². The van der Waals surface area contributed by atoms with E-state index in [0.717, 1.165) is 31.8 Å². The van der Waals surface area contributed by atoms with Crippen LogP contribution in [0, 0.1) is 20.8 Å². The van der Waals surface area contributed by atoms with Gasteiger partial charge in [0.25, 0.3) is 5.91 Å². The van der Waals surface area contributed by atoms with Crippen LogP contribution in [0.2, 0.25) is 0 Å². The van der Waals surface area contributed by atoms with E-state index in [9.17, 15) is 9.59 Å². The quantitative estimate of drug-likeness (QED) is 0.349. The number of esters is 1. The summed E-state index contributed by atoms with van der Waals surface area (Å²) in [5.74, 6) is -0.495. The smallest absolute Gasteiger partial charge is 0.341 e. The SMILES string of the molecule is CCOC(=O)c1c(NC(=O)COc2ncnc3scc(-c4ccc(C)cc4)c23)sc(C)c1C. The van der Waals surface area contributed by atoms with Crippen LogP contribution in [0.4, 0.5) is 5.00 Å². The van der Waals surface area contributed by atoms with E-state index in [1.54, 1.807) is 6.92 Å².